The van der Waals surface area contributed by atoms with Crippen LogP contribution in [0.25, 0.3) is 16.7 Å². The van der Waals surface area contributed by atoms with Crippen molar-refractivity contribution < 1.29 is 23.4 Å². The van der Waals surface area contributed by atoms with E-state index < -0.39 is 23.1 Å². The van der Waals surface area contributed by atoms with E-state index in [1.807, 2.05) is 0 Å². The van der Waals surface area contributed by atoms with Crippen LogP contribution in [-0.2, 0) is 0 Å². The molecule has 13 heteroatoms. The molecule has 1 saturated carbocycles. The van der Waals surface area contributed by atoms with E-state index in [1.54, 1.807) is 6.07 Å². The van der Waals surface area contributed by atoms with E-state index in [9.17, 15) is 19.1 Å². The van der Waals surface area contributed by atoms with Gasteiger partial charge in [-0.1, -0.05) is 0 Å². The molecule has 0 unspecified atom stereocenters. The molecule has 4 N–H and O–H groups in total. The number of hydrogen-bond acceptors (Lipinski definition) is 8. The summed E-state index contributed by atoms with van der Waals surface area (Å²) in [6.45, 7) is 0. The molecule has 5 aromatic rings. The number of aliphatic hydroxyl groups excluding tert-OH is 1. The number of fused-ring (bicyclic) bond motifs is 1. The number of aromatic amines is 1. The van der Waals surface area contributed by atoms with Gasteiger partial charge in [0.2, 0.25) is 0 Å². The predicted molar refractivity (Wildman–Crippen MR) is 150 cm³/mol. The summed E-state index contributed by atoms with van der Waals surface area (Å²) in [5.74, 6) is -1.27. The molecular formula is C29H25F2N7O4. The highest BCUT2D eigenvalue weighted by molar-refractivity contribution is 6.04. The average molecular weight is 574 g/mol. The maximum Gasteiger partial charge on any atom is 0.284 e. The van der Waals surface area contributed by atoms with E-state index in [0.717, 1.165) is 23.6 Å². The smallest absolute Gasteiger partial charge is 0.284 e. The van der Waals surface area contributed by atoms with Crippen molar-refractivity contribution in [2.24, 2.45) is 0 Å². The van der Waals surface area contributed by atoms with Gasteiger partial charge in [-0.05, 0) is 68.1 Å². The van der Waals surface area contributed by atoms with Gasteiger partial charge in [-0.3, -0.25) is 14.7 Å². The van der Waals surface area contributed by atoms with Gasteiger partial charge in [-0.25, -0.2) is 13.8 Å². The van der Waals surface area contributed by atoms with Gasteiger partial charge in [0.1, 0.15) is 22.5 Å². The van der Waals surface area contributed by atoms with Crippen molar-refractivity contribution in [1.82, 2.24) is 25.0 Å². The number of aromatic nitrogens is 5. The molecule has 0 bridgehead atoms. The minimum Gasteiger partial charge on any atom is -0.453 e. The van der Waals surface area contributed by atoms with E-state index in [1.165, 1.54) is 54.9 Å². The number of H-pyrrole nitrogens is 1. The number of nitrogens with zero attached hydrogens (tertiary/aromatic N) is 4. The maximum absolute atomic E-state index is 15.2. The Bertz CT molecular complexity index is 1820. The van der Waals surface area contributed by atoms with Crippen LogP contribution in [0.4, 0.5) is 20.3 Å². The molecule has 0 aliphatic heterocycles. The Morgan fingerprint density at radius 2 is 1.79 bits per heavy atom. The van der Waals surface area contributed by atoms with Gasteiger partial charge in [-0.2, -0.15) is 14.9 Å². The zero-order valence-electron chi connectivity index (χ0n) is 22.1. The summed E-state index contributed by atoms with van der Waals surface area (Å²) in [5, 5.41) is 27.3. The quantitative estimate of drug-likeness (QED) is 0.222. The third-order valence-corrected chi connectivity index (χ3v) is 7.03. The Morgan fingerprint density at radius 3 is 2.55 bits per heavy atom. The number of ether oxygens (including phenoxy) is 1. The van der Waals surface area contributed by atoms with Crippen LogP contribution in [-0.4, -0.2) is 48.1 Å². The monoisotopic (exact) mass is 573 g/mol. The second kappa shape index (κ2) is 11.4. The molecule has 0 radical (unpaired) electrons. The van der Waals surface area contributed by atoms with Gasteiger partial charge < -0.3 is 20.5 Å². The molecule has 214 valence electrons. The Balaban J connectivity index is 1.20. The molecule has 0 atom stereocenters. The zero-order chi connectivity index (χ0) is 29.2. The van der Waals surface area contributed by atoms with Crippen LogP contribution < -0.4 is 20.9 Å². The van der Waals surface area contributed by atoms with E-state index in [0.29, 0.717) is 35.4 Å². The van der Waals surface area contributed by atoms with Gasteiger partial charge in [-0.15, -0.1) is 0 Å². The number of nitrogens with one attached hydrogen (secondary N) is 3. The molecule has 0 saturated heterocycles. The summed E-state index contributed by atoms with van der Waals surface area (Å²) in [7, 11) is 0. The third-order valence-electron chi connectivity index (χ3n) is 7.03. The van der Waals surface area contributed by atoms with Crippen molar-refractivity contribution in [3.8, 4) is 17.2 Å². The van der Waals surface area contributed by atoms with Gasteiger partial charge in [0.15, 0.2) is 23.0 Å². The van der Waals surface area contributed by atoms with Crippen molar-refractivity contribution in [3.63, 3.8) is 0 Å². The number of rotatable bonds is 7. The standard InChI is InChI=1S/C29H25F2N7O4/c30-16-1-6-19(7-2-16)38-29(41)21(11-14-33-38)28(40)35-18-5-10-23(22(31)15-18)42-24-12-13-32-26-25(24)27(37-36-26)34-17-3-8-20(39)9-4-17/h1-2,5-7,10-15,17,20,39H,3-4,8-9H2,(H,35,40)(H2,32,34,36,37)/t17-,20-. The van der Waals surface area contributed by atoms with Crippen LogP contribution in [0.1, 0.15) is 36.0 Å². The number of carbonyl (C=O) groups excluding carboxylic acids is 1. The van der Waals surface area contributed by atoms with Gasteiger partial charge in [0.05, 0.1) is 11.8 Å². The fourth-order valence-electron chi connectivity index (χ4n) is 4.86. The summed E-state index contributed by atoms with van der Waals surface area (Å²) < 4.78 is 35.3. The van der Waals surface area contributed by atoms with Crippen LogP contribution in [0.15, 0.2) is 71.8 Å². The van der Waals surface area contributed by atoms with Crippen molar-refractivity contribution in [3.05, 3.63) is 94.5 Å². The fourth-order valence-corrected chi connectivity index (χ4v) is 4.86. The number of halogens is 2. The van der Waals surface area contributed by atoms with Gasteiger partial charge in [0.25, 0.3) is 11.5 Å². The molecule has 42 heavy (non-hydrogen) atoms. The van der Waals surface area contributed by atoms with E-state index in [4.69, 9.17) is 4.74 Å². The second-order valence-corrected chi connectivity index (χ2v) is 9.89. The lowest BCUT2D eigenvalue weighted by Gasteiger charge is -2.26. The van der Waals surface area contributed by atoms with Crippen LogP contribution in [0.3, 0.4) is 0 Å². The summed E-state index contributed by atoms with van der Waals surface area (Å²) in [6.07, 6.45) is 5.45. The highest BCUT2D eigenvalue weighted by Crippen LogP contribution is 2.35. The summed E-state index contributed by atoms with van der Waals surface area (Å²) >= 11 is 0. The van der Waals surface area contributed by atoms with Crippen LogP contribution in [0.5, 0.6) is 11.5 Å². The molecule has 0 spiro atoms. The topological polar surface area (TPSA) is 147 Å². The Labute approximate surface area is 237 Å². The summed E-state index contributed by atoms with van der Waals surface area (Å²) in [6, 6.07) is 11.9. The molecule has 1 aliphatic carbocycles. The first-order valence-corrected chi connectivity index (χ1v) is 13.3. The normalized spacial score (nSPS) is 16.7. The summed E-state index contributed by atoms with van der Waals surface area (Å²) in [5.41, 5.74) is -0.125. The Hall–Kier alpha value is -5.17. The fraction of sp³-hybridized carbons (Fsp3) is 0.207. The highest BCUT2D eigenvalue weighted by atomic mass is 19.1. The van der Waals surface area contributed by atoms with E-state index in [2.05, 4.69) is 30.9 Å². The molecule has 1 fully saturated rings. The maximum atomic E-state index is 15.2. The van der Waals surface area contributed by atoms with Crippen LogP contribution >= 0.6 is 0 Å². The number of hydrogen-bond donors (Lipinski definition) is 4. The molecule has 1 aliphatic rings. The lowest BCUT2D eigenvalue weighted by molar-refractivity contribution is 0.102. The van der Waals surface area contributed by atoms with Crippen molar-refractivity contribution >= 4 is 28.4 Å². The van der Waals surface area contributed by atoms with E-state index >= 15 is 4.39 Å². The lowest BCUT2D eigenvalue weighted by atomic mass is 9.93. The van der Waals surface area contributed by atoms with Crippen LogP contribution in [0.2, 0.25) is 0 Å². The minimum absolute atomic E-state index is 0.0967. The number of carbonyl (C=O) groups is 1. The van der Waals surface area contributed by atoms with Gasteiger partial charge in [0, 0.05) is 36.3 Å². The lowest BCUT2D eigenvalue weighted by Crippen LogP contribution is -2.29. The first-order chi connectivity index (χ1) is 20.4. The summed E-state index contributed by atoms with van der Waals surface area (Å²) in [4.78, 5) is 30.1. The highest BCUT2D eigenvalue weighted by Gasteiger charge is 2.23. The van der Waals surface area contributed by atoms with Crippen molar-refractivity contribution in [2.45, 2.75) is 37.8 Å². The molecule has 1 amide bonds. The number of amides is 1. The van der Waals surface area contributed by atoms with Crippen LogP contribution in [0, 0.1) is 11.6 Å². The molecule has 2 aromatic carbocycles. The predicted octanol–water partition coefficient (Wildman–Crippen LogP) is 4.54. The molecular weight excluding hydrogens is 548 g/mol. The van der Waals surface area contributed by atoms with E-state index in [-0.39, 0.29) is 34.8 Å². The van der Waals surface area contributed by atoms with Gasteiger partial charge >= 0.3 is 0 Å². The van der Waals surface area contributed by atoms with Crippen molar-refractivity contribution in [1.29, 1.82) is 0 Å². The number of anilines is 2. The molecule has 6 rings (SSSR count). The third kappa shape index (κ3) is 5.54. The first-order valence-electron chi connectivity index (χ1n) is 13.3. The number of benzene rings is 2. The molecule has 11 nitrogen and oxygen atoms in total. The average Bonchev–Trinajstić information content (AvgIpc) is 3.40. The SMILES string of the molecule is O=C(Nc1ccc(Oc2ccnc3[nH]nc(N[C@H]4CC[C@H](O)CC4)c23)c(F)c1)c1ccnn(-c2ccc(F)cc2)c1=O. The van der Waals surface area contributed by atoms with Crippen molar-refractivity contribution in [2.75, 3.05) is 10.6 Å². The minimum atomic E-state index is -0.772. The number of pyridine rings is 1. The Kier molecular flexibility index (Phi) is 7.32. The second-order valence-electron chi connectivity index (χ2n) is 9.89. The largest absolute Gasteiger partial charge is 0.453 e. The Morgan fingerprint density at radius 1 is 1.00 bits per heavy atom. The zero-order valence-corrected chi connectivity index (χ0v) is 22.1. The molecule has 3 aromatic heterocycles. The number of aliphatic hydroxyl groups is 1. The molecule has 3 heterocycles. The first kappa shape index (κ1) is 27.0.